The van der Waals surface area contributed by atoms with Crippen molar-refractivity contribution in [1.29, 1.82) is 0 Å². The monoisotopic (exact) mass is 1620 g/mol. The molecule has 555 valence electrons. The van der Waals surface area contributed by atoms with Crippen molar-refractivity contribution in [2.75, 3.05) is 126 Å². The number of hydrogen-bond acceptors (Lipinski definition) is 17. The average Bonchev–Trinajstić information content (AvgIpc) is 1.78. The fourth-order valence-corrected chi connectivity index (χ4v) is 7.22. The van der Waals surface area contributed by atoms with Gasteiger partial charge in [-0.1, -0.05) is 57.0 Å². The summed E-state index contributed by atoms with van der Waals surface area (Å²) in [4.78, 5) is 32.0. The number of hydrogen-bond donors (Lipinski definition) is 3. The van der Waals surface area contributed by atoms with Crippen LogP contribution in [0.25, 0.3) is 0 Å². The summed E-state index contributed by atoms with van der Waals surface area (Å²) in [6, 6.07) is 22.4. The number of aldehydes is 1. The molecule has 0 saturated carbocycles. The van der Waals surface area contributed by atoms with Crippen LogP contribution in [0.2, 0.25) is 0 Å². The van der Waals surface area contributed by atoms with E-state index in [9.17, 15) is 50.8 Å². The molecule has 28 heteroatoms. The number of carbonyl (C=O) groups is 3. The van der Waals surface area contributed by atoms with E-state index in [1.54, 1.807) is 90.5 Å². The maximum absolute atomic E-state index is 13.4. The molecule has 97 heavy (non-hydrogen) atoms. The van der Waals surface area contributed by atoms with Crippen LogP contribution in [0.5, 0.6) is 0 Å². The number of aliphatic hydroxyl groups is 3. The van der Waals surface area contributed by atoms with Crippen LogP contribution in [0.3, 0.4) is 0 Å². The van der Waals surface area contributed by atoms with Gasteiger partial charge < -0.3 is 62.7 Å². The Labute approximate surface area is 599 Å². The number of aryl methyl sites for hydroxylation is 5. The van der Waals surface area contributed by atoms with Crippen LogP contribution < -0.4 is 0 Å². The van der Waals surface area contributed by atoms with Gasteiger partial charge in [0.15, 0.2) is 0 Å². The summed E-state index contributed by atoms with van der Waals surface area (Å²) < 4.78 is 126. The summed E-state index contributed by atoms with van der Waals surface area (Å²) in [6.45, 7) is 19.8. The molecule has 0 spiro atoms. The predicted octanol–water partition coefficient (Wildman–Crippen LogP) is 15.2. The number of rotatable bonds is 28. The van der Waals surface area contributed by atoms with Gasteiger partial charge in [0, 0.05) is 68.0 Å². The molecule has 4 atom stereocenters. The van der Waals surface area contributed by atoms with Gasteiger partial charge in [-0.25, -0.2) is 22.0 Å². The number of methoxy groups -OCH3 is 4. The third kappa shape index (κ3) is 54.4. The van der Waals surface area contributed by atoms with Crippen LogP contribution >= 0.6 is 51.5 Å². The fourth-order valence-electron chi connectivity index (χ4n) is 7.22. The van der Waals surface area contributed by atoms with Crippen LogP contribution in [0, 0.1) is 63.7 Å². The Morgan fingerprint density at radius 1 is 0.588 bits per heavy atom. The van der Waals surface area contributed by atoms with E-state index < -0.39 is 35.7 Å². The van der Waals surface area contributed by atoms with Crippen molar-refractivity contribution >= 4 is 76.0 Å². The minimum absolute atomic E-state index is 0.0762. The standard InChI is InChI=1S/C16H23FO4.2C12H17FO3.C9H9FO.C8H7FO.C6H10O2.C3H9IOS.C3H8O2.3ClH.Fe/c1-4-5-16(18)21-11-15(20-9-8-19-3)14-10-13(17)7-6-12(14)2;2*1-9-3-4-10(13)7-11(9)12(8-14)16-6-5-15-2;1-6-2-3-7(10)4-8(6)9-5-11-9;1-6-2-3-8(9)4-7(6)5-10;1-3-5-6(7)8-4-2;1-6(2,3,4)5;1-5-3-2-4;;;;/h6-7,10,15H,4-5,8-9,11H2,1-3H3;2*3-4,7,12,14H,5-6,8H2,1-2H3;2-4,9H,5H2,1H3;2-5H,1H3;4H,2-3,5H2,1H3;1-3H3;4H,2-3H2,1H3;3*1H;/q;;;;;;;;;;;+3/p-3/t15-;12-;;;;;;;;;;/m00........../s1. The summed E-state index contributed by atoms with van der Waals surface area (Å²) >= 11 is 0.631. The first kappa shape index (κ1) is 97.1. The molecule has 1 aliphatic rings. The predicted molar refractivity (Wildman–Crippen MR) is 379 cm³/mol. The van der Waals surface area contributed by atoms with E-state index in [2.05, 4.69) is 16.1 Å². The summed E-state index contributed by atoms with van der Waals surface area (Å²) in [5.41, 5.74) is 8.06. The molecule has 1 aliphatic heterocycles. The molecular formula is C69H100Cl3F5FeIO17S. The van der Waals surface area contributed by atoms with E-state index in [0.717, 1.165) is 59.1 Å². The van der Waals surface area contributed by atoms with Crippen LogP contribution in [-0.4, -0.2) is 164 Å². The SMILES string of the molecule is C=COC(=O)CCC.CCCC(=O)OC[C@H](OCCOC)c1cc(F)ccc1C.COCCO.COCCOC(CO)c1cc(F)ccc1C.COCCO[C@@H](CO)c1cc(F)ccc1C.CS(C)(C)(=O)I.Cc1ccc(F)cc1C1CO1.Cc1ccc(F)cc1C=O.[Cl][Fe]([Cl])[Cl]. The number of aliphatic hydroxyl groups excluding tert-OH is 3. The second-order valence-electron chi connectivity index (χ2n) is 21.3. The van der Waals surface area contributed by atoms with Crippen molar-refractivity contribution in [1.82, 2.24) is 0 Å². The molecule has 0 amide bonds. The average molecular weight is 1620 g/mol. The quantitative estimate of drug-likeness (QED) is 0.00487. The topological polar surface area (TPSA) is 225 Å². The third-order valence-electron chi connectivity index (χ3n) is 12.0. The third-order valence-corrected chi connectivity index (χ3v) is 12.0. The van der Waals surface area contributed by atoms with Crippen LogP contribution in [0.4, 0.5) is 22.0 Å². The molecule has 1 fully saturated rings. The number of esters is 2. The van der Waals surface area contributed by atoms with Gasteiger partial charge in [-0.3, -0.25) is 18.6 Å². The second-order valence-corrected chi connectivity index (χ2v) is 40.3. The second kappa shape index (κ2) is 57.5. The van der Waals surface area contributed by atoms with Crippen LogP contribution in [0.15, 0.2) is 104 Å². The van der Waals surface area contributed by atoms with Crippen molar-refractivity contribution in [3.8, 4) is 0 Å². The van der Waals surface area contributed by atoms with Crippen molar-refractivity contribution in [2.24, 2.45) is 0 Å². The normalized spacial score (nSPS) is 13.0. The Hall–Kier alpha value is -4.07. The Morgan fingerprint density at radius 2 is 0.918 bits per heavy atom. The first-order valence-electron chi connectivity index (χ1n) is 30.1. The Bertz CT molecular complexity index is 2930. The van der Waals surface area contributed by atoms with Gasteiger partial charge in [-0.05, 0) is 177 Å². The number of benzene rings is 5. The zero-order chi connectivity index (χ0) is 74.6. The van der Waals surface area contributed by atoms with E-state index in [0.29, 0.717) is 87.6 Å². The zero-order valence-corrected chi connectivity index (χ0v) is 64.2. The number of halogens is 9. The Kier molecular flexibility index (Phi) is 57.6. The van der Waals surface area contributed by atoms with Crippen molar-refractivity contribution in [3.05, 3.63) is 189 Å². The fraction of sp³-hybridized carbons (Fsp3) is 0.493. The van der Waals surface area contributed by atoms with Gasteiger partial charge in [0.1, 0.15) is 66.4 Å². The number of ether oxygens (including phenoxy) is 10. The molecule has 17 nitrogen and oxygen atoms in total. The van der Waals surface area contributed by atoms with Crippen LogP contribution in [-0.2, 0) is 74.4 Å². The summed E-state index contributed by atoms with van der Waals surface area (Å²) in [5.74, 6) is -2.01. The van der Waals surface area contributed by atoms with Crippen molar-refractivity contribution in [3.63, 3.8) is 0 Å². The van der Waals surface area contributed by atoms with Gasteiger partial charge >= 0.3 is 53.4 Å². The van der Waals surface area contributed by atoms with E-state index in [1.165, 1.54) is 54.6 Å². The molecule has 1 saturated heterocycles. The summed E-state index contributed by atoms with van der Waals surface area (Å²) in [6.07, 6.45) is 6.00. The molecule has 5 aromatic rings. The molecule has 0 aliphatic carbocycles. The Balaban J connectivity index is -0.00000107. The molecular weight excluding hydrogens is 1520 g/mol. The van der Waals surface area contributed by atoms with Gasteiger partial charge in [-0.2, -0.15) is 0 Å². The van der Waals surface area contributed by atoms with E-state index in [4.69, 9.17) is 73.3 Å². The Morgan fingerprint density at radius 3 is 1.23 bits per heavy atom. The molecule has 3 N–H and O–H groups in total. The first-order chi connectivity index (χ1) is 45.6. The number of epoxide rings is 1. The van der Waals surface area contributed by atoms with Gasteiger partial charge in [-0.15, -0.1) is 0 Å². The molecule has 5 aromatic carbocycles. The first-order valence-corrected chi connectivity index (χ1v) is 40.4. The van der Waals surface area contributed by atoms with Gasteiger partial charge in [0.2, 0.25) is 0 Å². The zero-order valence-electron chi connectivity index (χ0n) is 57.9. The van der Waals surface area contributed by atoms with E-state index in [-0.39, 0.29) is 73.6 Å². The van der Waals surface area contributed by atoms with Crippen molar-refractivity contribution < 1.29 is 114 Å². The molecule has 2 unspecified atom stereocenters. The van der Waals surface area contributed by atoms with E-state index in [1.807, 2.05) is 62.7 Å². The van der Waals surface area contributed by atoms with Crippen molar-refractivity contribution in [2.45, 2.75) is 98.6 Å². The number of carbonyl (C=O) groups excluding carboxylic acids is 3. The molecule has 0 radical (unpaired) electrons. The molecule has 1 heterocycles. The maximum atomic E-state index is 13.4. The molecule has 0 aromatic heterocycles. The molecule has 6 rings (SSSR count). The molecule has 0 bridgehead atoms. The minimum atomic E-state index is -2.13. The van der Waals surface area contributed by atoms with Gasteiger partial charge in [0.05, 0.1) is 78.9 Å². The summed E-state index contributed by atoms with van der Waals surface area (Å²) in [7, 11) is 20.9. The summed E-state index contributed by atoms with van der Waals surface area (Å²) in [5, 5.41) is 26.4. The van der Waals surface area contributed by atoms with E-state index >= 15 is 0 Å². The van der Waals surface area contributed by atoms with Crippen LogP contribution in [0.1, 0.15) is 124 Å². The van der Waals surface area contributed by atoms with Gasteiger partial charge in [0.25, 0.3) is 0 Å².